The van der Waals surface area contributed by atoms with E-state index in [4.69, 9.17) is 9.15 Å². The molecule has 1 aliphatic rings. The van der Waals surface area contributed by atoms with E-state index in [1.165, 1.54) is 25.1 Å². The standard InChI is InChI=1S/C22H28N2O4S/c1-16(2)14-23-9-11-24(12-10-23)21(25)18-6-4-5-7-20(18)29-15-19-17(8-13-28-19)22(26)27-3/h4-8,13,16H,9-12,14-15H2,1-3H3. The number of methoxy groups -OCH3 is 1. The van der Waals surface area contributed by atoms with Gasteiger partial charge in [0.05, 0.1) is 24.7 Å². The van der Waals surface area contributed by atoms with Crippen molar-refractivity contribution in [2.45, 2.75) is 24.5 Å². The Kier molecular flexibility index (Phi) is 7.39. The third-order valence-corrected chi connectivity index (χ3v) is 5.98. The second-order valence-corrected chi connectivity index (χ2v) is 8.54. The molecule has 0 bridgehead atoms. The van der Waals surface area contributed by atoms with E-state index in [0.717, 1.165) is 37.6 Å². The van der Waals surface area contributed by atoms with Crippen molar-refractivity contribution in [3.8, 4) is 0 Å². The molecule has 0 unspecified atom stereocenters. The Hall–Kier alpha value is -2.25. The average molecular weight is 417 g/mol. The Labute approximate surface area is 176 Å². The molecule has 0 atom stereocenters. The van der Waals surface area contributed by atoms with Gasteiger partial charge in [-0.2, -0.15) is 0 Å². The summed E-state index contributed by atoms with van der Waals surface area (Å²) in [7, 11) is 1.35. The minimum absolute atomic E-state index is 0.0601. The molecule has 1 amide bonds. The first-order valence-corrected chi connectivity index (χ1v) is 10.9. The summed E-state index contributed by atoms with van der Waals surface area (Å²) in [6.45, 7) is 8.82. The molecule has 1 aromatic heterocycles. The molecule has 0 saturated carbocycles. The Balaban J connectivity index is 1.66. The van der Waals surface area contributed by atoms with E-state index in [1.807, 2.05) is 29.2 Å². The minimum atomic E-state index is -0.419. The minimum Gasteiger partial charge on any atom is -0.468 e. The fraction of sp³-hybridized carbons (Fsp3) is 0.455. The lowest BCUT2D eigenvalue weighted by Crippen LogP contribution is -2.49. The summed E-state index contributed by atoms with van der Waals surface area (Å²) >= 11 is 1.49. The van der Waals surface area contributed by atoms with Crippen molar-refractivity contribution in [2.75, 3.05) is 39.8 Å². The highest BCUT2D eigenvalue weighted by Crippen LogP contribution is 2.29. The van der Waals surface area contributed by atoms with E-state index in [2.05, 4.69) is 18.7 Å². The Morgan fingerprint density at radius 1 is 1.10 bits per heavy atom. The Bertz CT molecular complexity index is 841. The van der Waals surface area contributed by atoms with E-state index < -0.39 is 5.97 Å². The highest BCUT2D eigenvalue weighted by Gasteiger charge is 2.24. The molecule has 29 heavy (non-hydrogen) atoms. The summed E-state index contributed by atoms with van der Waals surface area (Å²) in [6, 6.07) is 9.22. The molecule has 156 valence electrons. The van der Waals surface area contributed by atoms with Gasteiger partial charge in [0.25, 0.3) is 5.91 Å². The molecule has 1 fully saturated rings. The van der Waals surface area contributed by atoms with Crippen LogP contribution in [0.3, 0.4) is 0 Å². The summed E-state index contributed by atoms with van der Waals surface area (Å²) in [5, 5.41) is 0. The van der Waals surface area contributed by atoms with Gasteiger partial charge in [0.15, 0.2) is 0 Å². The lowest BCUT2D eigenvalue weighted by molar-refractivity contribution is 0.0596. The van der Waals surface area contributed by atoms with Crippen LogP contribution in [0.5, 0.6) is 0 Å². The van der Waals surface area contributed by atoms with E-state index >= 15 is 0 Å². The average Bonchev–Trinajstić information content (AvgIpc) is 3.20. The number of benzene rings is 1. The van der Waals surface area contributed by atoms with Crippen LogP contribution in [-0.4, -0.2) is 61.5 Å². The van der Waals surface area contributed by atoms with Gasteiger partial charge in [0.1, 0.15) is 11.3 Å². The highest BCUT2D eigenvalue weighted by molar-refractivity contribution is 7.98. The van der Waals surface area contributed by atoms with E-state index in [-0.39, 0.29) is 5.91 Å². The van der Waals surface area contributed by atoms with Crippen molar-refractivity contribution in [1.82, 2.24) is 9.80 Å². The fourth-order valence-corrected chi connectivity index (χ4v) is 4.47. The first-order valence-electron chi connectivity index (χ1n) is 9.87. The Morgan fingerprint density at radius 3 is 2.52 bits per heavy atom. The van der Waals surface area contributed by atoms with Crippen LogP contribution in [-0.2, 0) is 10.5 Å². The Morgan fingerprint density at radius 2 is 1.83 bits per heavy atom. The number of nitrogens with zero attached hydrogens (tertiary/aromatic N) is 2. The number of esters is 1. The molecule has 1 aliphatic heterocycles. The largest absolute Gasteiger partial charge is 0.468 e. The quantitative estimate of drug-likeness (QED) is 0.506. The molecule has 2 heterocycles. The van der Waals surface area contributed by atoms with Crippen molar-refractivity contribution in [3.63, 3.8) is 0 Å². The molecular weight excluding hydrogens is 388 g/mol. The number of hydrogen-bond acceptors (Lipinski definition) is 6. The van der Waals surface area contributed by atoms with Gasteiger partial charge in [0.2, 0.25) is 0 Å². The topological polar surface area (TPSA) is 63.0 Å². The summed E-state index contributed by atoms with van der Waals surface area (Å²) in [5.74, 6) is 1.27. The number of amides is 1. The third kappa shape index (κ3) is 5.42. The maximum Gasteiger partial charge on any atom is 0.341 e. The number of carbonyl (C=O) groups is 2. The summed E-state index contributed by atoms with van der Waals surface area (Å²) in [4.78, 5) is 30.2. The molecule has 2 aromatic rings. The van der Waals surface area contributed by atoms with Crippen molar-refractivity contribution in [2.24, 2.45) is 5.92 Å². The first-order chi connectivity index (χ1) is 14.0. The number of hydrogen-bond donors (Lipinski definition) is 0. The van der Waals surface area contributed by atoms with E-state index in [0.29, 0.717) is 28.6 Å². The van der Waals surface area contributed by atoms with Crippen LogP contribution in [0.1, 0.15) is 40.3 Å². The molecule has 0 spiro atoms. The maximum absolute atomic E-state index is 13.1. The molecule has 0 N–H and O–H groups in total. The van der Waals surface area contributed by atoms with Crippen LogP contribution in [0.4, 0.5) is 0 Å². The predicted octanol–water partition coefficient (Wildman–Crippen LogP) is 3.77. The number of rotatable bonds is 7. The van der Waals surface area contributed by atoms with Crippen LogP contribution < -0.4 is 0 Å². The van der Waals surface area contributed by atoms with Gasteiger partial charge in [-0.1, -0.05) is 26.0 Å². The van der Waals surface area contributed by atoms with Gasteiger partial charge in [-0.25, -0.2) is 4.79 Å². The molecule has 0 radical (unpaired) electrons. The maximum atomic E-state index is 13.1. The summed E-state index contributed by atoms with van der Waals surface area (Å²) < 4.78 is 10.2. The van der Waals surface area contributed by atoms with E-state index in [9.17, 15) is 9.59 Å². The molecule has 1 saturated heterocycles. The van der Waals surface area contributed by atoms with Crippen LogP contribution in [0.25, 0.3) is 0 Å². The monoisotopic (exact) mass is 416 g/mol. The zero-order valence-electron chi connectivity index (χ0n) is 17.2. The number of thioether (sulfide) groups is 1. The van der Waals surface area contributed by atoms with Crippen LogP contribution in [0, 0.1) is 5.92 Å². The molecule has 7 heteroatoms. The van der Waals surface area contributed by atoms with Crippen LogP contribution >= 0.6 is 11.8 Å². The number of ether oxygens (including phenoxy) is 1. The molecule has 6 nitrogen and oxygen atoms in total. The zero-order valence-corrected chi connectivity index (χ0v) is 18.0. The number of piperazine rings is 1. The summed E-state index contributed by atoms with van der Waals surface area (Å²) in [6.07, 6.45) is 1.48. The van der Waals surface area contributed by atoms with Crippen LogP contribution in [0.15, 0.2) is 45.9 Å². The molecule has 0 aliphatic carbocycles. The highest BCUT2D eigenvalue weighted by atomic mass is 32.2. The van der Waals surface area contributed by atoms with Crippen LogP contribution in [0.2, 0.25) is 0 Å². The molecular formula is C22H28N2O4S. The smallest absolute Gasteiger partial charge is 0.341 e. The third-order valence-electron chi connectivity index (χ3n) is 4.91. The number of carbonyl (C=O) groups excluding carboxylic acids is 2. The first kappa shape index (κ1) is 21.5. The molecule has 3 rings (SSSR count). The van der Waals surface area contributed by atoms with Crippen molar-refractivity contribution in [3.05, 3.63) is 53.5 Å². The molecule has 1 aromatic carbocycles. The second-order valence-electron chi connectivity index (χ2n) is 7.52. The SMILES string of the molecule is COC(=O)c1ccoc1CSc1ccccc1C(=O)N1CCN(CC(C)C)CC1. The van der Waals surface area contributed by atoms with Crippen molar-refractivity contribution in [1.29, 1.82) is 0 Å². The predicted molar refractivity (Wildman–Crippen MR) is 113 cm³/mol. The van der Waals surface area contributed by atoms with Gasteiger partial charge >= 0.3 is 5.97 Å². The fourth-order valence-electron chi connectivity index (χ4n) is 3.48. The lowest BCUT2D eigenvalue weighted by Gasteiger charge is -2.35. The van der Waals surface area contributed by atoms with Gasteiger partial charge in [-0.15, -0.1) is 11.8 Å². The second kappa shape index (κ2) is 9.98. The van der Waals surface area contributed by atoms with Gasteiger partial charge in [-0.05, 0) is 24.1 Å². The van der Waals surface area contributed by atoms with Gasteiger partial charge in [0, 0.05) is 37.6 Å². The van der Waals surface area contributed by atoms with Crippen molar-refractivity contribution < 1.29 is 18.7 Å². The summed E-state index contributed by atoms with van der Waals surface area (Å²) in [5.41, 5.74) is 1.12. The normalized spacial score (nSPS) is 15.0. The lowest BCUT2D eigenvalue weighted by atomic mass is 10.1. The van der Waals surface area contributed by atoms with Gasteiger partial charge < -0.3 is 14.1 Å². The van der Waals surface area contributed by atoms with Crippen molar-refractivity contribution >= 4 is 23.6 Å². The van der Waals surface area contributed by atoms with E-state index in [1.54, 1.807) is 6.07 Å². The zero-order chi connectivity index (χ0) is 20.8. The number of furan rings is 1. The van der Waals surface area contributed by atoms with Gasteiger partial charge in [-0.3, -0.25) is 9.69 Å².